The van der Waals surface area contributed by atoms with E-state index in [4.69, 9.17) is 5.73 Å². The van der Waals surface area contributed by atoms with E-state index in [1.807, 2.05) is 42.9 Å². The topological polar surface area (TPSA) is 67.4 Å². The highest BCUT2D eigenvalue weighted by atomic mass is 35.5. The normalized spacial score (nSPS) is 18.0. The lowest BCUT2D eigenvalue weighted by molar-refractivity contribution is -0.133. The van der Waals surface area contributed by atoms with E-state index in [1.54, 1.807) is 0 Å². The molecule has 1 aliphatic heterocycles. The highest BCUT2D eigenvalue weighted by molar-refractivity contribution is 5.85. The van der Waals surface area contributed by atoms with E-state index >= 15 is 0 Å². The van der Waals surface area contributed by atoms with Gasteiger partial charge in [0.1, 0.15) is 0 Å². The van der Waals surface area contributed by atoms with Crippen LogP contribution in [0.4, 0.5) is 0 Å². The molecule has 2 rings (SSSR count). The Labute approximate surface area is 139 Å². The number of amides is 1. The molecule has 0 bridgehead atoms. The molecule has 2 heterocycles. The van der Waals surface area contributed by atoms with Gasteiger partial charge in [0.15, 0.2) is 0 Å². The molecule has 6 nitrogen and oxygen atoms in total. The predicted molar refractivity (Wildman–Crippen MR) is 89.7 cm³/mol. The summed E-state index contributed by atoms with van der Waals surface area (Å²) in [5.74, 6) is 0.278. The number of carbonyl (C=O) groups is 1. The minimum absolute atomic E-state index is 0. The quantitative estimate of drug-likeness (QED) is 0.889. The lowest BCUT2D eigenvalue weighted by Crippen LogP contribution is -2.47. The van der Waals surface area contributed by atoms with E-state index in [0.29, 0.717) is 0 Å². The Balaban J connectivity index is 0.00000242. The molecule has 1 aromatic heterocycles. The summed E-state index contributed by atoms with van der Waals surface area (Å²) in [5.41, 5.74) is 7.21. The SMILES string of the molecule is CC(C)[C@H](N)C(=O)N1CCCN(Cc2cnn(C)c2)CC1.Cl. The molecule has 1 aliphatic rings. The minimum Gasteiger partial charge on any atom is -0.340 e. The van der Waals surface area contributed by atoms with Crippen LogP contribution >= 0.6 is 12.4 Å². The molecule has 7 heteroatoms. The van der Waals surface area contributed by atoms with Crippen molar-refractivity contribution in [3.05, 3.63) is 18.0 Å². The fraction of sp³-hybridized carbons (Fsp3) is 0.733. The zero-order chi connectivity index (χ0) is 15.4. The molecule has 0 aromatic carbocycles. The molecule has 2 N–H and O–H groups in total. The zero-order valence-electron chi connectivity index (χ0n) is 13.7. The third-order valence-corrected chi connectivity index (χ3v) is 4.07. The van der Waals surface area contributed by atoms with Gasteiger partial charge in [-0.05, 0) is 12.3 Å². The molecule has 0 radical (unpaired) electrons. The van der Waals surface area contributed by atoms with Gasteiger partial charge >= 0.3 is 0 Å². The molecule has 1 aromatic rings. The number of carbonyl (C=O) groups excluding carboxylic acids is 1. The number of hydrogen-bond donors (Lipinski definition) is 1. The summed E-state index contributed by atoms with van der Waals surface area (Å²) in [4.78, 5) is 16.6. The average molecular weight is 330 g/mol. The number of nitrogens with two attached hydrogens (primary N) is 1. The second-order valence-corrected chi connectivity index (χ2v) is 6.25. The summed E-state index contributed by atoms with van der Waals surface area (Å²) in [6.07, 6.45) is 4.95. The fourth-order valence-corrected chi connectivity index (χ4v) is 2.66. The lowest BCUT2D eigenvalue weighted by atomic mass is 10.0. The van der Waals surface area contributed by atoms with Crippen molar-refractivity contribution in [1.29, 1.82) is 0 Å². The van der Waals surface area contributed by atoms with Crippen molar-refractivity contribution in [2.45, 2.75) is 32.9 Å². The Bertz CT molecular complexity index is 476. The van der Waals surface area contributed by atoms with Gasteiger partial charge in [-0.15, -0.1) is 12.4 Å². The number of hydrogen-bond acceptors (Lipinski definition) is 4. The molecule has 1 fully saturated rings. The first-order valence-corrected chi connectivity index (χ1v) is 7.71. The Morgan fingerprint density at radius 1 is 1.32 bits per heavy atom. The van der Waals surface area contributed by atoms with Crippen LogP contribution < -0.4 is 5.73 Å². The van der Waals surface area contributed by atoms with Crippen LogP contribution in [0.15, 0.2) is 12.4 Å². The maximum atomic E-state index is 12.3. The van der Waals surface area contributed by atoms with E-state index < -0.39 is 0 Å². The van der Waals surface area contributed by atoms with Crippen LogP contribution in [0.1, 0.15) is 25.8 Å². The maximum Gasteiger partial charge on any atom is 0.239 e. The minimum atomic E-state index is -0.380. The molecule has 0 spiro atoms. The van der Waals surface area contributed by atoms with Gasteiger partial charge in [0.2, 0.25) is 5.91 Å². The average Bonchev–Trinajstić information content (AvgIpc) is 2.72. The molecule has 1 atom stereocenters. The zero-order valence-corrected chi connectivity index (χ0v) is 14.6. The summed E-state index contributed by atoms with van der Waals surface area (Å²) in [7, 11) is 1.93. The van der Waals surface area contributed by atoms with Gasteiger partial charge in [-0.25, -0.2) is 0 Å². The van der Waals surface area contributed by atoms with Crippen LogP contribution in [0.25, 0.3) is 0 Å². The van der Waals surface area contributed by atoms with Crippen LogP contribution in [0, 0.1) is 5.92 Å². The van der Waals surface area contributed by atoms with Crippen molar-refractivity contribution >= 4 is 18.3 Å². The van der Waals surface area contributed by atoms with Crippen molar-refractivity contribution in [1.82, 2.24) is 19.6 Å². The maximum absolute atomic E-state index is 12.3. The third-order valence-electron chi connectivity index (χ3n) is 4.07. The van der Waals surface area contributed by atoms with E-state index in [2.05, 4.69) is 10.00 Å². The molecule has 22 heavy (non-hydrogen) atoms. The number of aromatic nitrogens is 2. The number of halogens is 1. The van der Waals surface area contributed by atoms with Crippen molar-refractivity contribution in [3.63, 3.8) is 0 Å². The first-order chi connectivity index (χ1) is 9.97. The second kappa shape index (κ2) is 8.50. The highest BCUT2D eigenvalue weighted by Gasteiger charge is 2.25. The molecule has 0 unspecified atom stereocenters. The van der Waals surface area contributed by atoms with Gasteiger partial charge < -0.3 is 10.6 Å². The van der Waals surface area contributed by atoms with Crippen molar-refractivity contribution in [2.24, 2.45) is 18.7 Å². The standard InChI is InChI=1S/C15H27N5O.ClH/c1-12(2)14(16)15(21)20-6-4-5-19(7-8-20)11-13-9-17-18(3)10-13;/h9-10,12,14H,4-8,11,16H2,1-3H3;1H/t14-;/m0./s1. The third kappa shape index (κ3) is 4.97. The number of rotatable bonds is 4. The Hall–Kier alpha value is -1.11. The van der Waals surface area contributed by atoms with Gasteiger partial charge in [-0.3, -0.25) is 14.4 Å². The highest BCUT2D eigenvalue weighted by Crippen LogP contribution is 2.11. The van der Waals surface area contributed by atoms with Crippen LogP contribution in [0.5, 0.6) is 0 Å². The summed E-state index contributed by atoms with van der Waals surface area (Å²) in [6, 6.07) is -0.380. The van der Waals surface area contributed by atoms with E-state index in [0.717, 1.165) is 39.1 Å². The summed E-state index contributed by atoms with van der Waals surface area (Å²) >= 11 is 0. The molecule has 126 valence electrons. The lowest BCUT2D eigenvalue weighted by Gasteiger charge is -2.26. The van der Waals surface area contributed by atoms with Crippen molar-refractivity contribution in [2.75, 3.05) is 26.2 Å². The predicted octanol–water partition coefficient (Wildman–Crippen LogP) is 0.860. The summed E-state index contributed by atoms with van der Waals surface area (Å²) in [5, 5.41) is 4.20. The number of aryl methyl sites for hydroxylation is 1. The smallest absolute Gasteiger partial charge is 0.239 e. The first-order valence-electron chi connectivity index (χ1n) is 7.71. The summed E-state index contributed by atoms with van der Waals surface area (Å²) < 4.78 is 1.82. The molecule has 0 saturated carbocycles. The monoisotopic (exact) mass is 329 g/mol. The van der Waals surface area contributed by atoms with Gasteiger partial charge in [-0.1, -0.05) is 13.8 Å². The molecular weight excluding hydrogens is 302 g/mol. The number of nitrogens with zero attached hydrogens (tertiary/aromatic N) is 4. The molecule has 1 amide bonds. The van der Waals surface area contributed by atoms with Gasteiger partial charge in [0.25, 0.3) is 0 Å². The van der Waals surface area contributed by atoms with Gasteiger partial charge in [0.05, 0.1) is 12.2 Å². The van der Waals surface area contributed by atoms with Gasteiger partial charge in [-0.2, -0.15) is 5.10 Å². The summed E-state index contributed by atoms with van der Waals surface area (Å²) in [6.45, 7) is 8.36. The molecular formula is C15H28ClN5O. The van der Waals surface area contributed by atoms with Crippen molar-refractivity contribution in [3.8, 4) is 0 Å². The van der Waals surface area contributed by atoms with Crippen molar-refractivity contribution < 1.29 is 4.79 Å². The van der Waals surface area contributed by atoms with Crippen LogP contribution in [-0.2, 0) is 18.4 Å². The van der Waals surface area contributed by atoms with Crippen LogP contribution in [0.3, 0.4) is 0 Å². The van der Waals surface area contributed by atoms with E-state index in [-0.39, 0.29) is 30.3 Å². The second-order valence-electron chi connectivity index (χ2n) is 6.25. The van der Waals surface area contributed by atoms with Gasteiger partial charge in [0, 0.05) is 51.5 Å². The van der Waals surface area contributed by atoms with Crippen LogP contribution in [0.2, 0.25) is 0 Å². The van der Waals surface area contributed by atoms with E-state index in [9.17, 15) is 4.79 Å². The fourth-order valence-electron chi connectivity index (χ4n) is 2.66. The Kier molecular flexibility index (Phi) is 7.32. The van der Waals surface area contributed by atoms with E-state index in [1.165, 1.54) is 5.56 Å². The van der Waals surface area contributed by atoms with Crippen LogP contribution in [-0.4, -0.2) is 57.7 Å². The first kappa shape index (κ1) is 18.9. The Morgan fingerprint density at radius 3 is 2.64 bits per heavy atom. The largest absolute Gasteiger partial charge is 0.340 e. The Morgan fingerprint density at radius 2 is 2.05 bits per heavy atom. The molecule has 1 saturated heterocycles. The molecule has 0 aliphatic carbocycles.